The number of alkyl halides is 1. The van der Waals surface area contributed by atoms with Gasteiger partial charge in [-0.2, -0.15) is 5.10 Å². The largest absolute Gasteiger partial charge is 0.507 e. The van der Waals surface area contributed by atoms with Crippen LogP contribution in [0.4, 0.5) is 4.39 Å². The highest BCUT2D eigenvalue weighted by atomic mass is 32.1. The third-order valence-electron chi connectivity index (χ3n) is 6.36. The van der Waals surface area contributed by atoms with Crippen molar-refractivity contribution >= 4 is 11.3 Å². The Kier molecular flexibility index (Phi) is 3.58. The maximum Gasteiger partial charge on any atom is 0.294 e. The summed E-state index contributed by atoms with van der Waals surface area (Å²) in [6.45, 7) is 1.91. The van der Waals surface area contributed by atoms with Crippen molar-refractivity contribution in [2.45, 2.75) is 50.0 Å². The predicted molar refractivity (Wildman–Crippen MR) is 105 cm³/mol. The minimum atomic E-state index is -1.02. The van der Waals surface area contributed by atoms with E-state index < -0.39 is 5.67 Å². The first kappa shape index (κ1) is 17.3. The number of fused-ring (bicyclic) bond motifs is 5. The fourth-order valence-electron chi connectivity index (χ4n) is 4.81. The molecule has 150 valence electrons. The number of rotatable bonds is 4. The second-order valence-electron chi connectivity index (χ2n) is 8.25. The summed E-state index contributed by atoms with van der Waals surface area (Å²) in [5.41, 5.74) is 1.25. The van der Waals surface area contributed by atoms with Gasteiger partial charge >= 0.3 is 0 Å². The first-order valence-corrected chi connectivity index (χ1v) is 10.6. The normalized spacial score (nSPS) is 32.2. The molecule has 2 bridgehead atoms. The number of ether oxygens (including phenoxy) is 1. The number of piperidine rings is 2. The number of benzene rings is 1. The summed E-state index contributed by atoms with van der Waals surface area (Å²) >= 11 is 1.29. The third kappa shape index (κ3) is 2.75. The molecule has 3 aliphatic rings. The lowest BCUT2D eigenvalue weighted by molar-refractivity contribution is 0.108. The summed E-state index contributed by atoms with van der Waals surface area (Å²) in [5.74, 6) is 0.262. The Bertz CT molecular complexity index is 1100. The zero-order valence-electron chi connectivity index (χ0n) is 15.7. The van der Waals surface area contributed by atoms with Gasteiger partial charge in [-0.25, -0.2) is 9.07 Å². The second-order valence-corrected chi connectivity index (χ2v) is 9.19. The molecule has 2 saturated heterocycles. The number of aromatic hydroxyl groups is 1. The summed E-state index contributed by atoms with van der Waals surface area (Å²) in [5, 5.41) is 27.6. The van der Waals surface area contributed by atoms with Gasteiger partial charge in [0.1, 0.15) is 17.5 Å². The Balaban J connectivity index is 1.19. The van der Waals surface area contributed by atoms with Crippen LogP contribution in [0.1, 0.15) is 25.0 Å². The molecule has 9 heteroatoms. The molecule has 1 aromatic carbocycles. The Morgan fingerprint density at radius 3 is 2.97 bits per heavy atom. The smallest absolute Gasteiger partial charge is 0.294 e. The molecule has 5 atom stereocenters. The lowest BCUT2D eigenvalue weighted by atomic mass is 9.97. The highest BCUT2D eigenvalue weighted by molar-refractivity contribution is 7.16. The Morgan fingerprint density at radius 1 is 1.31 bits per heavy atom. The van der Waals surface area contributed by atoms with E-state index in [1.807, 2.05) is 25.3 Å². The molecule has 1 aliphatic carbocycles. The lowest BCUT2D eigenvalue weighted by Gasteiger charge is -2.31. The quantitative estimate of drug-likeness (QED) is 0.684. The average molecular weight is 413 g/mol. The zero-order valence-corrected chi connectivity index (χ0v) is 16.6. The minimum absolute atomic E-state index is 0.0495. The van der Waals surface area contributed by atoms with E-state index in [-0.39, 0.29) is 29.9 Å². The van der Waals surface area contributed by atoms with Crippen molar-refractivity contribution in [3.63, 3.8) is 0 Å². The highest BCUT2D eigenvalue weighted by Gasteiger charge is 2.70. The Labute approximate surface area is 170 Å². The molecule has 2 aliphatic heterocycles. The van der Waals surface area contributed by atoms with E-state index >= 15 is 0 Å². The van der Waals surface area contributed by atoms with Crippen LogP contribution in [0.2, 0.25) is 0 Å². The van der Waals surface area contributed by atoms with Gasteiger partial charge in [0.05, 0.1) is 16.9 Å². The monoisotopic (exact) mass is 413 g/mol. The van der Waals surface area contributed by atoms with Gasteiger partial charge in [0.2, 0.25) is 0 Å². The summed E-state index contributed by atoms with van der Waals surface area (Å²) in [4.78, 5) is 0. The number of hydrogen-bond donors (Lipinski definition) is 2. The molecular formula is C20H20FN5O2S. The molecule has 7 nitrogen and oxygen atoms in total. The van der Waals surface area contributed by atoms with Crippen LogP contribution in [0.5, 0.6) is 10.9 Å². The molecule has 3 aromatic rings. The van der Waals surface area contributed by atoms with Gasteiger partial charge in [0.15, 0.2) is 5.01 Å². The number of hydrogen-bond acceptors (Lipinski definition) is 7. The van der Waals surface area contributed by atoms with E-state index in [1.54, 1.807) is 16.8 Å². The second kappa shape index (κ2) is 5.99. The number of phenols is 1. The van der Waals surface area contributed by atoms with Crippen LogP contribution >= 0.6 is 11.3 Å². The molecule has 29 heavy (non-hydrogen) atoms. The van der Waals surface area contributed by atoms with Gasteiger partial charge in [-0.3, -0.25) is 0 Å². The molecule has 0 amide bonds. The van der Waals surface area contributed by atoms with E-state index in [1.165, 1.54) is 11.3 Å². The molecule has 2 N–H and O–H groups in total. The van der Waals surface area contributed by atoms with Crippen molar-refractivity contribution in [1.82, 2.24) is 25.3 Å². The Hall–Kier alpha value is -2.52. The van der Waals surface area contributed by atoms with Gasteiger partial charge < -0.3 is 15.2 Å². The van der Waals surface area contributed by atoms with Crippen molar-refractivity contribution in [2.75, 3.05) is 0 Å². The molecule has 4 heterocycles. The Morgan fingerprint density at radius 2 is 2.21 bits per heavy atom. The van der Waals surface area contributed by atoms with Gasteiger partial charge in [-0.15, -0.1) is 5.10 Å². The number of nitrogens with zero attached hydrogens (tertiary/aromatic N) is 4. The standard InChI is InChI=1S/C20H20FN5O2S/c1-10-4-5-26(25-10)11-2-3-13(16(27)6-11)18-23-24-19(29-18)28-12-7-15-14-9-20(14,21)17(8-12)22-15/h2-6,12,14-15,17,22,27H,7-9H2,1H3. The van der Waals surface area contributed by atoms with Crippen molar-refractivity contribution in [1.29, 1.82) is 0 Å². The van der Waals surface area contributed by atoms with Crippen LogP contribution in [0.25, 0.3) is 16.3 Å². The van der Waals surface area contributed by atoms with Crippen molar-refractivity contribution in [3.8, 4) is 27.2 Å². The van der Waals surface area contributed by atoms with E-state index in [4.69, 9.17) is 4.74 Å². The number of phenolic OH excluding ortho intramolecular Hbond substituents is 1. The third-order valence-corrected chi connectivity index (χ3v) is 7.20. The van der Waals surface area contributed by atoms with Crippen molar-refractivity contribution in [2.24, 2.45) is 5.92 Å². The molecule has 1 saturated carbocycles. The molecule has 5 unspecified atom stereocenters. The van der Waals surface area contributed by atoms with Crippen LogP contribution in [0.15, 0.2) is 30.5 Å². The SMILES string of the molecule is Cc1ccn(-c2ccc(-c3nnc(OC4CC5NC(C4)C4(F)CC54)s3)c(O)c2)n1. The fourth-order valence-corrected chi connectivity index (χ4v) is 5.61. The fraction of sp³-hybridized carbons (Fsp3) is 0.450. The van der Waals surface area contributed by atoms with Gasteiger partial charge in [-0.05, 0) is 31.5 Å². The number of nitrogens with one attached hydrogen (secondary N) is 1. The van der Waals surface area contributed by atoms with E-state index in [2.05, 4.69) is 20.6 Å². The predicted octanol–water partition coefficient (Wildman–Crippen LogP) is 3.01. The zero-order chi connectivity index (χ0) is 19.8. The maximum absolute atomic E-state index is 14.6. The minimum Gasteiger partial charge on any atom is -0.507 e. The van der Waals surface area contributed by atoms with Crippen LogP contribution in [-0.2, 0) is 0 Å². The van der Waals surface area contributed by atoms with Crippen molar-refractivity contribution < 1.29 is 14.2 Å². The van der Waals surface area contributed by atoms with E-state index in [0.717, 1.165) is 17.8 Å². The molecule has 0 radical (unpaired) electrons. The summed E-state index contributed by atoms with van der Waals surface area (Å²) in [7, 11) is 0. The molecule has 6 rings (SSSR count). The van der Waals surface area contributed by atoms with E-state index in [0.29, 0.717) is 28.6 Å². The molecular weight excluding hydrogens is 393 g/mol. The van der Waals surface area contributed by atoms with Crippen molar-refractivity contribution in [3.05, 3.63) is 36.2 Å². The molecule has 2 aromatic heterocycles. The summed E-state index contributed by atoms with van der Waals surface area (Å²) in [6, 6.07) is 7.34. The van der Waals surface area contributed by atoms with Crippen LogP contribution < -0.4 is 10.1 Å². The lowest BCUT2D eigenvalue weighted by Crippen LogP contribution is -2.47. The summed E-state index contributed by atoms with van der Waals surface area (Å²) < 4.78 is 22.3. The number of aromatic nitrogens is 4. The van der Waals surface area contributed by atoms with Gasteiger partial charge in [0.25, 0.3) is 5.19 Å². The van der Waals surface area contributed by atoms with Crippen LogP contribution in [-0.4, -0.2) is 48.9 Å². The topological polar surface area (TPSA) is 85.1 Å². The highest BCUT2D eigenvalue weighted by Crippen LogP contribution is 2.60. The number of aryl methyl sites for hydroxylation is 1. The average Bonchev–Trinajstić information content (AvgIpc) is 2.98. The summed E-state index contributed by atoms with van der Waals surface area (Å²) in [6.07, 6.45) is 3.94. The van der Waals surface area contributed by atoms with Gasteiger partial charge in [-0.1, -0.05) is 16.4 Å². The van der Waals surface area contributed by atoms with E-state index in [9.17, 15) is 9.50 Å². The van der Waals surface area contributed by atoms with Crippen LogP contribution in [0.3, 0.4) is 0 Å². The maximum atomic E-state index is 14.6. The molecule has 0 spiro atoms. The van der Waals surface area contributed by atoms with Gasteiger partial charge in [0, 0.05) is 43.1 Å². The first-order chi connectivity index (χ1) is 14.0. The van der Waals surface area contributed by atoms with Crippen LogP contribution in [0, 0.1) is 12.8 Å². The number of halogens is 1. The molecule has 3 fully saturated rings. The first-order valence-electron chi connectivity index (χ1n) is 9.81.